The molecular formula is C14H21F2NO3. The van der Waals surface area contributed by atoms with Gasteiger partial charge in [0.25, 0.3) is 0 Å². The fourth-order valence-corrected chi connectivity index (χ4v) is 1.99. The first-order valence-electron chi connectivity index (χ1n) is 6.33. The van der Waals surface area contributed by atoms with Gasteiger partial charge in [-0.25, -0.2) is 8.78 Å². The standard InChI is InChI=1S/C14H21F2NO3/c1-18-12-8-11(9-13(19-2)14(12)20-3)10-17(6-4-15)7-5-16/h8-9H,4-7,10H2,1-3H3. The molecule has 0 aromatic heterocycles. The van der Waals surface area contributed by atoms with Crippen LogP contribution in [0.3, 0.4) is 0 Å². The fraction of sp³-hybridized carbons (Fsp3) is 0.571. The molecule has 1 aromatic rings. The smallest absolute Gasteiger partial charge is 0.203 e. The van der Waals surface area contributed by atoms with E-state index < -0.39 is 13.3 Å². The Bertz CT molecular complexity index is 384. The van der Waals surface area contributed by atoms with Crippen LogP contribution in [0.4, 0.5) is 8.78 Å². The highest BCUT2D eigenvalue weighted by Crippen LogP contribution is 2.38. The summed E-state index contributed by atoms with van der Waals surface area (Å²) in [7, 11) is 4.59. The largest absolute Gasteiger partial charge is 0.493 e. The van der Waals surface area contributed by atoms with Gasteiger partial charge in [-0.15, -0.1) is 0 Å². The van der Waals surface area contributed by atoms with Crippen LogP contribution >= 0.6 is 0 Å². The quantitative estimate of drug-likeness (QED) is 0.699. The highest BCUT2D eigenvalue weighted by molar-refractivity contribution is 5.53. The summed E-state index contributed by atoms with van der Waals surface area (Å²) in [6.07, 6.45) is 0. The molecule has 0 heterocycles. The predicted molar refractivity (Wildman–Crippen MR) is 73.3 cm³/mol. The van der Waals surface area contributed by atoms with Crippen molar-refractivity contribution < 1.29 is 23.0 Å². The summed E-state index contributed by atoms with van der Waals surface area (Å²) in [5, 5.41) is 0. The summed E-state index contributed by atoms with van der Waals surface area (Å²) in [6.45, 7) is -0.208. The van der Waals surface area contributed by atoms with Crippen molar-refractivity contribution in [3.05, 3.63) is 17.7 Å². The van der Waals surface area contributed by atoms with Crippen LogP contribution < -0.4 is 14.2 Å². The van der Waals surface area contributed by atoms with Crippen molar-refractivity contribution in [3.63, 3.8) is 0 Å². The summed E-state index contributed by atoms with van der Waals surface area (Å²) in [4.78, 5) is 1.70. The zero-order valence-electron chi connectivity index (χ0n) is 12.1. The Morgan fingerprint density at radius 1 is 0.900 bits per heavy atom. The van der Waals surface area contributed by atoms with Gasteiger partial charge in [-0.1, -0.05) is 0 Å². The molecule has 0 spiro atoms. The molecule has 0 saturated heterocycles. The summed E-state index contributed by atoms with van der Waals surface area (Å²) in [5.41, 5.74) is 0.849. The number of alkyl halides is 2. The normalized spacial score (nSPS) is 10.7. The second-order valence-corrected chi connectivity index (χ2v) is 4.19. The third-order valence-electron chi connectivity index (χ3n) is 2.93. The van der Waals surface area contributed by atoms with E-state index in [2.05, 4.69) is 0 Å². The second kappa shape index (κ2) is 8.58. The molecule has 0 unspecified atom stereocenters. The zero-order chi connectivity index (χ0) is 15.0. The molecular weight excluding hydrogens is 268 g/mol. The van der Waals surface area contributed by atoms with Crippen LogP contribution in [-0.2, 0) is 6.54 Å². The average Bonchev–Trinajstić information content (AvgIpc) is 2.46. The van der Waals surface area contributed by atoms with E-state index in [0.717, 1.165) is 5.56 Å². The molecule has 0 radical (unpaired) electrons. The lowest BCUT2D eigenvalue weighted by Gasteiger charge is -2.21. The van der Waals surface area contributed by atoms with E-state index in [-0.39, 0.29) is 13.1 Å². The van der Waals surface area contributed by atoms with Crippen LogP contribution in [0.5, 0.6) is 17.2 Å². The van der Waals surface area contributed by atoms with Gasteiger partial charge in [0.15, 0.2) is 11.5 Å². The van der Waals surface area contributed by atoms with Gasteiger partial charge in [-0.3, -0.25) is 4.90 Å². The molecule has 0 atom stereocenters. The van der Waals surface area contributed by atoms with E-state index in [1.807, 2.05) is 0 Å². The van der Waals surface area contributed by atoms with Crippen molar-refractivity contribution in [2.24, 2.45) is 0 Å². The van der Waals surface area contributed by atoms with Crippen LogP contribution in [-0.4, -0.2) is 52.7 Å². The summed E-state index contributed by atoms with van der Waals surface area (Å²) in [5.74, 6) is 1.56. The number of hydrogen-bond donors (Lipinski definition) is 0. The van der Waals surface area contributed by atoms with E-state index in [0.29, 0.717) is 23.8 Å². The van der Waals surface area contributed by atoms with Gasteiger partial charge in [0, 0.05) is 19.6 Å². The number of rotatable bonds is 9. The van der Waals surface area contributed by atoms with Crippen molar-refractivity contribution >= 4 is 0 Å². The lowest BCUT2D eigenvalue weighted by Crippen LogP contribution is -2.27. The number of methoxy groups -OCH3 is 3. The van der Waals surface area contributed by atoms with Gasteiger partial charge < -0.3 is 14.2 Å². The van der Waals surface area contributed by atoms with Crippen molar-refractivity contribution in [1.82, 2.24) is 4.90 Å². The minimum atomic E-state index is -0.509. The number of hydrogen-bond acceptors (Lipinski definition) is 4. The first kappa shape index (κ1) is 16.5. The maximum absolute atomic E-state index is 12.4. The van der Waals surface area contributed by atoms with E-state index in [4.69, 9.17) is 14.2 Å². The molecule has 0 bridgehead atoms. The van der Waals surface area contributed by atoms with E-state index in [1.54, 1.807) is 17.0 Å². The molecule has 1 rings (SSSR count). The Balaban J connectivity index is 2.99. The molecule has 0 aliphatic rings. The van der Waals surface area contributed by atoms with Gasteiger partial charge in [-0.2, -0.15) is 0 Å². The van der Waals surface area contributed by atoms with Crippen LogP contribution in [0.25, 0.3) is 0 Å². The van der Waals surface area contributed by atoms with Crippen molar-refractivity contribution in [2.75, 3.05) is 47.8 Å². The highest BCUT2D eigenvalue weighted by Gasteiger charge is 2.15. The highest BCUT2D eigenvalue weighted by atomic mass is 19.1. The third kappa shape index (κ3) is 4.23. The fourth-order valence-electron chi connectivity index (χ4n) is 1.99. The van der Waals surface area contributed by atoms with Gasteiger partial charge in [0.05, 0.1) is 21.3 Å². The SMILES string of the molecule is COc1cc(CN(CCF)CCF)cc(OC)c1OC. The number of benzene rings is 1. The van der Waals surface area contributed by atoms with E-state index in [9.17, 15) is 8.78 Å². The predicted octanol–water partition coefficient (Wildman–Crippen LogP) is 2.45. The minimum Gasteiger partial charge on any atom is -0.493 e. The summed E-state index contributed by atoms with van der Waals surface area (Å²) < 4.78 is 40.6. The van der Waals surface area contributed by atoms with Crippen molar-refractivity contribution in [2.45, 2.75) is 6.54 Å². The molecule has 0 aliphatic heterocycles. The van der Waals surface area contributed by atoms with Crippen LogP contribution in [0.2, 0.25) is 0 Å². The van der Waals surface area contributed by atoms with E-state index >= 15 is 0 Å². The van der Waals surface area contributed by atoms with Gasteiger partial charge >= 0.3 is 0 Å². The Morgan fingerprint density at radius 2 is 1.40 bits per heavy atom. The molecule has 0 saturated carbocycles. The number of nitrogens with zero attached hydrogens (tertiary/aromatic N) is 1. The number of halogens is 2. The van der Waals surface area contributed by atoms with Crippen LogP contribution in [0.15, 0.2) is 12.1 Å². The Hall–Kier alpha value is -1.56. The molecule has 114 valence electrons. The lowest BCUT2D eigenvalue weighted by atomic mass is 10.1. The first-order chi connectivity index (χ1) is 9.69. The molecule has 4 nitrogen and oxygen atoms in total. The van der Waals surface area contributed by atoms with Crippen LogP contribution in [0.1, 0.15) is 5.56 Å². The van der Waals surface area contributed by atoms with Crippen LogP contribution in [0, 0.1) is 0 Å². The molecule has 0 fully saturated rings. The topological polar surface area (TPSA) is 30.9 Å². The Labute approximate surface area is 118 Å². The molecule has 6 heteroatoms. The average molecular weight is 289 g/mol. The third-order valence-corrected chi connectivity index (χ3v) is 2.93. The lowest BCUT2D eigenvalue weighted by molar-refractivity contribution is 0.220. The maximum atomic E-state index is 12.4. The summed E-state index contributed by atoms with van der Waals surface area (Å²) >= 11 is 0. The number of ether oxygens (including phenoxy) is 3. The maximum Gasteiger partial charge on any atom is 0.203 e. The minimum absolute atomic E-state index is 0.195. The van der Waals surface area contributed by atoms with E-state index in [1.165, 1.54) is 21.3 Å². The molecule has 1 aromatic carbocycles. The zero-order valence-corrected chi connectivity index (χ0v) is 12.1. The van der Waals surface area contributed by atoms with Gasteiger partial charge in [-0.05, 0) is 17.7 Å². The van der Waals surface area contributed by atoms with Crippen molar-refractivity contribution in [3.8, 4) is 17.2 Å². The second-order valence-electron chi connectivity index (χ2n) is 4.19. The Morgan fingerprint density at radius 3 is 1.75 bits per heavy atom. The molecule has 0 N–H and O–H groups in total. The first-order valence-corrected chi connectivity index (χ1v) is 6.33. The Kier molecular flexibility index (Phi) is 7.08. The molecule has 0 aliphatic carbocycles. The molecule has 0 amide bonds. The summed E-state index contributed by atoms with van der Waals surface area (Å²) in [6, 6.07) is 3.57. The van der Waals surface area contributed by atoms with Gasteiger partial charge in [0.1, 0.15) is 13.3 Å². The van der Waals surface area contributed by atoms with Crippen molar-refractivity contribution in [1.29, 1.82) is 0 Å². The monoisotopic (exact) mass is 289 g/mol. The molecule has 20 heavy (non-hydrogen) atoms. The van der Waals surface area contributed by atoms with Gasteiger partial charge in [0.2, 0.25) is 5.75 Å².